The lowest BCUT2D eigenvalue weighted by Gasteiger charge is -2.09. The first-order valence-electron chi connectivity index (χ1n) is 6.09. The van der Waals surface area contributed by atoms with E-state index in [1.165, 1.54) is 0 Å². The van der Waals surface area contributed by atoms with Crippen LogP contribution in [-0.4, -0.2) is 31.7 Å². The molecule has 0 bridgehead atoms. The highest BCUT2D eigenvalue weighted by atomic mass is 16.5. The van der Waals surface area contributed by atoms with Crippen molar-refractivity contribution < 1.29 is 4.74 Å². The molecule has 0 aliphatic heterocycles. The van der Waals surface area contributed by atoms with Gasteiger partial charge in [0.15, 0.2) is 0 Å². The number of benzene rings is 1. The van der Waals surface area contributed by atoms with E-state index in [1.54, 1.807) is 29.7 Å². The summed E-state index contributed by atoms with van der Waals surface area (Å²) in [6.07, 6.45) is 3.62. The van der Waals surface area contributed by atoms with Crippen LogP contribution in [0.2, 0.25) is 0 Å². The number of rotatable bonds is 4. The highest BCUT2D eigenvalue weighted by molar-refractivity contribution is 5.65. The van der Waals surface area contributed by atoms with Gasteiger partial charge in [0.05, 0.1) is 18.5 Å². The Hall–Kier alpha value is -2.83. The van der Waals surface area contributed by atoms with E-state index in [2.05, 4.69) is 20.5 Å². The van der Waals surface area contributed by atoms with Gasteiger partial charge in [0.1, 0.15) is 0 Å². The zero-order chi connectivity index (χ0) is 13.9. The second kappa shape index (κ2) is 5.04. The molecule has 0 unspecified atom stereocenters. The molecule has 7 nitrogen and oxygen atoms in total. The molecule has 1 N–H and O–H groups in total. The largest absolute Gasteiger partial charge is 0.467 e. The second-order valence-electron chi connectivity index (χ2n) is 4.14. The number of nitrogens with one attached hydrogen (secondary N) is 1. The van der Waals surface area contributed by atoms with Gasteiger partial charge in [0.25, 0.3) is 0 Å². The van der Waals surface area contributed by atoms with Gasteiger partial charge in [0.2, 0.25) is 5.95 Å². The fourth-order valence-corrected chi connectivity index (χ4v) is 1.91. The van der Waals surface area contributed by atoms with Crippen LogP contribution >= 0.6 is 0 Å². The number of ether oxygens (including phenoxy) is 1. The Morgan fingerprint density at radius 3 is 2.75 bits per heavy atom. The molecule has 2 heterocycles. The molecule has 0 spiro atoms. The van der Waals surface area contributed by atoms with Crippen molar-refractivity contribution in [2.45, 2.75) is 0 Å². The normalized spacial score (nSPS) is 10.5. The third-order valence-electron chi connectivity index (χ3n) is 2.81. The molecule has 0 fully saturated rings. The van der Waals surface area contributed by atoms with Crippen molar-refractivity contribution in [1.82, 2.24) is 24.5 Å². The maximum absolute atomic E-state index is 5.10. The molecule has 0 saturated carbocycles. The van der Waals surface area contributed by atoms with Crippen molar-refractivity contribution in [2.24, 2.45) is 7.05 Å². The summed E-state index contributed by atoms with van der Waals surface area (Å²) in [6, 6.07) is 10.1. The predicted octanol–water partition coefficient (Wildman–Crippen LogP) is 1.75. The fourth-order valence-electron chi connectivity index (χ4n) is 1.91. The Kier molecular flexibility index (Phi) is 3.08. The molecule has 0 aliphatic rings. The van der Waals surface area contributed by atoms with Gasteiger partial charge in [-0.3, -0.25) is 0 Å². The van der Waals surface area contributed by atoms with Gasteiger partial charge in [0, 0.05) is 19.4 Å². The summed E-state index contributed by atoms with van der Waals surface area (Å²) < 4.78 is 8.45. The highest BCUT2D eigenvalue weighted by Crippen LogP contribution is 2.22. The molecule has 0 aliphatic carbocycles. The van der Waals surface area contributed by atoms with E-state index < -0.39 is 0 Å². The lowest BCUT2D eigenvalue weighted by Crippen LogP contribution is -2.01. The Morgan fingerprint density at radius 1 is 1.20 bits per heavy atom. The molecule has 0 radical (unpaired) electrons. The maximum atomic E-state index is 5.10. The Labute approximate surface area is 115 Å². The molecule has 1 aromatic carbocycles. The van der Waals surface area contributed by atoms with E-state index in [1.807, 2.05) is 36.5 Å². The zero-order valence-corrected chi connectivity index (χ0v) is 11.2. The van der Waals surface area contributed by atoms with Crippen molar-refractivity contribution in [2.75, 3.05) is 12.4 Å². The van der Waals surface area contributed by atoms with Gasteiger partial charge in [-0.2, -0.15) is 10.1 Å². The number of nitrogens with zero attached hydrogens (tertiary/aromatic N) is 5. The highest BCUT2D eigenvalue weighted by Gasteiger charge is 2.10. The van der Waals surface area contributed by atoms with Crippen LogP contribution in [0.25, 0.3) is 5.69 Å². The Balaban J connectivity index is 1.94. The molecule has 3 aromatic rings. The van der Waals surface area contributed by atoms with Crippen LogP contribution in [0.3, 0.4) is 0 Å². The summed E-state index contributed by atoms with van der Waals surface area (Å²) >= 11 is 0. The van der Waals surface area contributed by atoms with Gasteiger partial charge >= 0.3 is 6.01 Å². The first kappa shape index (κ1) is 12.2. The standard InChI is InChI=1S/C13H14N6O/c1-18-13(20-2)16-12(17-18)15-10-6-3-4-7-11(10)19-9-5-8-14-19/h3-9H,1-2H3,(H,15,17). The SMILES string of the molecule is COc1nc(Nc2ccccc2-n2cccn2)nn1C. The van der Waals surface area contributed by atoms with Crippen LogP contribution in [0.1, 0.15) is 0 Å². The maximum Gasteiger partial charge on any atom is 0.316 e. The minimum absolute atomic E-state index is 0.448. The van der Waals surface area contributed by atoms with Crippen molar-refractivity contribution >= 4 is 11.6 Å². The minimum Gasteiger partial charge on any atom is -0.467 e. The number of methoxy groups -OCH3 is 1. The number of aryl methyl sites for hydroxylation is 1. The van der Waals surface area contributed by atoms with Crippen molar-refractivity contribution in [1.29, 1.82) is 0 Å². The van der Waals surface area contributed by atoms with Crippen LogP contribution in [0.15, 0.2) is 42.7 Å². The van der Waals surface area contributed by atoms with E-state index in [-0.39, 0.29) is 0 Å². The first-order chi connectivity index (χ1) is 9.78. The molecule has 20 heavy (non-hydrogen) atoms. The van der Waals surface area contributed by atoms with Crippen molar-refractivity contribution in [3.8, 4) is 11.7 Å². The number of anilines is 2. The van der Waals surface area contributed by atoms with Gasteiger partial charge in [-0.1, -0.05) is 12.1 Å². The topological polar surface area (TPSA) is 69.8 Å². The van der Waals surface area contributed by atoms with Gasteiger partial charge < -0.3 is 10.1 Å². The Morgan fingerprint density at radius 2 is 2.05 bits per heavy atom. The van der Waals surface area contributed by atoms with Crippen LogP contribution < -0.4 is 10.1 Å². The van der Waals surface area contributed by atoms with Crippen LogP contribution in [0.4, 0.5) is 11.6 Å². The lowest BCUT2D eigenvalue weighted by molar-refractivity contribution is 0.359. The lowest BCUT2D eigenvalue weighted by atomic mass is 10.2. The average molecular weight is 270 g/mol. The van der Waals surface area contributed by atoms with E-state index in [0.29, 0.717) is 12.0 Å². The first-order valence-corrected chi connectivity index (χ1v) is 6.09. The smallest absolute Gasteiger partial charge is 0.316 e. The van der Waals surface area contributed by atoms with Crippen molar-refractivity contribution in [3.05, 3.63) is 42.7 Å². The molecular formula is C13H14N6O. The van der Waals surface area contributed by atoms with Crippen LogP contribution in [0, 0.1) is 0 Å². The summed E-state index contributed by atoms with van der Waals surface area (Å²) in [5, 5.41) is 11.6. The number of para-hydroxylation sites is 2. The van der Waals surface area contributed by atoms with Gasteiger partial charge in [-0.05, 0) is 18.2 Å². The average Bonchev–Trinajstić information content (AvgIpc) is 3.09. The van der Waals surface area contributed by atoms with Gasteiger partial charge in [-0.25, -0.2) is 9.36 Å². The molecule has 3 rings (SSSR count). The summed E-state index contributed by atoms with van der Waals surface area (Å²) in [6.45, 7) is 0. The quantitative estimate of drug-likeness (QED) is 0.782. The summed E-state index contributed by atoms with van der Waals surface area (Å²) in [5.41, 5.74) is 1.79. The number of hydrogen-bond acceptors (Lipinski definition) is 5. The van der Waals surface area contributed by atoms with Crippen LogP contribution in [-0.2, 0) is 7.05 Å². The van der Waals surface area contributed by atoms with E-state index in [4.69, 9.17) is 4.74 Å². The fraction of sp³-hybridized carbons (Fsp3) is 0.154. The number of aromatic nitrogens is 5. The second-order valence-corrected chi connectivity index (χ2v) is 4.14. The molecule has 0 amide bonds. The van der Waals surface area contributed by atoms with Crippen LogP contribution in [0.5, 0.6) is 6.01 Å². The van der Waals surface area contributed by atoms with E-state index in [9.17, 15) is 0 Å². The van der Waals surface area contributed by atoms with E-state index in [0.717, 1.165) is 11.4 Å². The predicted molar refractivity (Wildman–Crippen MR) is 74.4 cm³/mol. The number of hydrogen-bond donors (Lipinski definition) is 1. The van der Waals surface area contributed by atoms with Gasteiger partial charge in [-0.15, -0.1) is 5.10 Å². The van der Waals surface area contributed by atoms with E-state index >= 15 is 0 Å². The van der Waals surface area contributed by atoms with Crippen molar-refractivity contribution in [3.63, 3.8) is 0 Å². The molecule has 102 valence electrons. The molecule has 0 saturated heterocycles. The Bertz CT molecular complexity index is 703. The third-order valence-corrected chi connectivity index (χ3v) is 2.81. The summed E-state index contributed by atoms with van der Waals surface area (Å²) in [5.74, 6) is 0.476. The molecule has 7 heteroatoms. The third kappa shape index (κ3) is 2.20. The summed E-state index contributed by atoms with van der Waals surface area (Å²) in [4.78, 5) is 4.23. The monoisotopic (exact) mass is 270 g/mol. The zero-order valence-electron chi connectivity index (χ0n) is 11.2. The molecular weight excluding hydrogens is 256 g/mol. The summed E-state index contributed by atoms with van der Waals surface area (Å²) in [7, 11) is 3.34. The molecule has 2 aromatic heterocycles. The molecule has 0 atom stereocenters. The minimum atomic E-state index is 0.448.